The van der Waals surface area contributed by atoms with Crippen molar-refractivity contribution >= 4 is 17.4 Å². The average molecular weight is 347 g/mol. The fourth-order valence-electron chi connectivity index (χ4n) is 2.64. The first-order valence-corrected chi connectivity index (χ1v) is 8.45. The Morgan fingerprint density at radius 3 is 2.65 bits per heavy atom. The highest BCUT2D eigenvalue weighted by atomic mass is 16.1. The normalized spacial score (nSPS) is 13.1. The number of amides is 1. The van der Waals surface area contributed by atoms with Gasteiger partial charge in [0.2, 0.25) is 5.91 Å². The maximum atomic E-state index is 12.4. The Labute approximate surface area is 153 Å². The van der Waals surface area contributed by atoms with E-state index in [1.54, 1.807) is 12.1 Å². The summed E-state index contributed by atoms with van der Waals surface area (Å²) in [6, 6.07) is 17.1. The first-order valence-electron chi connectivity index (χ1n) is 8.45. The monoisotopic (exact) mass is 347 g/mol. The molecule has 0 radical (unpaired) electrons. The molecule has 2 N–H and O–H groups in total. The van der Waals surface area contributed by atoms with E-state index >= 15 is 0 Å². The van der Waals surface area contributed by atoms with E-state index in [4.69, 9.17) is 0 Å². The Morgan fingerprint density at radius 1 is 1.08 bits per heavy atom. The molecule has 0 saturated heterocycles. The summed E-state index contributed by atoms with van der Waals surface area (Å²) >= 11 is 0. The predicted molar refractivity (Wildman–Crippen MR) is 102 cm³/mol. The summed E-state index contributed by atoms with van der Waals surface area (Å²) in [5, 5.41) is 4.75. The summed E-state index contributed by atoms with van der Waals surface area (Å²) in [5.74, 6) is -0.0776. The van der Waals surface area contributed by atoms with Crippen LogP contribution in [0, 0.1) is 0 Å². The van der Waals surface area contributed by atoms with Crippen molar-refractivity contribution < 1.29 is 9.59 Å². The number of anilines is 1. The average Bonchev–Trinajstić information content (AvgIpc) is 2.67. The third-order valence-electron chi connectivity index (χ3n) is 4.03. The maximum Gasteiger partial charge on any atom is 0.249 e. The quantitative estimate of drug-likeness (QED) is 0.787. The van der Waals surface area contributed by atoms with Crippen LogP contribution >= 0.6 is 0 Å². The first kappa shape index (κ1) is 17.5. The van der Waals surface area contributed by atoms with Gasteiger partial charge in [-0.3, -0.25) is 20.0 Å². The molecule has 0 atom stereocenters. The van der Waals surface area contributed by atoms with Crippen molar-refractivity contribution in [3.05, 3.63) is 89.6 Å². The molecular weight excluding hydrogens is 326 g/mol. The summed E-state index contributed by atoms with van der Waals surface area (Å²) in [6.45, 7) is 2.47. The van der Waals surface area contributed by atoms with Crippen molar-refractivity contribution in [1.82, 2.24) is 10.3 Å². The standard InChI is InChI=1S/C21H21N3O2/c1-16(25)18-9-5-11-20(13-18)23-24-12-6-10-19(15-24)21(26)22-14-17-7-3-2-4-8-17/h2-13,23H,14-15H2,1H3,(H,22,26). The van der Waals surface area contributed by atoms with Crippen molar-refractivity contribution in [3.63, 3.8) is 0 Å². The number of Topliss-reactive ketones (excluding diaryl/α,β-unsaturated/α-hetero) is 1. The van der Waals surface area contributed by atoms with Gasteiger partial charge in [-0.25, -0.2) is 0 Å². The number of allylic oxidation sites excluding steroid dienone is 2. The highest BCUT2D eigenvalue weighted by Gasteiger charge is 2.15. The van der Waals surface area contributed by atoms with Crippen LogP contribution in [-0.2, 0) is 11.3 Å². The minimum atomic E-state index is -0.0949. The molecule has 1 heterocycles. The lowest BCUT2D eigenvalue weighted by molar-refractivity contribution is -0.117. The van der Waals surface area contributed by atoms with Crippen LogP contribution in [0.3, 0.4) is 0 Å². The second kappa shape index (κ2) is 8.16. The zero-order valence-electron chi connectivity index (χ0n) is 14.6. The van der Waals surface area contributed by atoms with E-state index in [0.29, 0.717) is 24.2 Å². The molecule has 2 aromatic rings. The predicted octanol–water partition coefficient (Wildman–Crippen LogP) is 3.29. The summed E-state index contributed by atoms with van der Waals surface area (Å²) in [6.07, 6.45) is 5.49. The van der Waals surface area contributed by atoms with E-state index in [1.807, 2.05) is 65.8 Å². The van der Waals surface area contributed by atoms with Gasteiger partial charge in [0.1, 0.15) is 0 Å². The zero-order valence-corrected chi connectivity index (χ0v) is 14.6. The summed E-state index contributed by atoms with van der Waals surface area (Å²) in [7, 11) is 0. The molecule has 0 fully saturated rings. The molecule has 0 spiro atoms. The Morgan fingerprint density at radius 2 is 1.88 bits per heavy atom. The number of nitrogens with zero attached hydrogens (tertiary/aromatic N) is 1. The molecule has 1 aliphatic heterocycles. The summed E-state index contributed by atoms with van der Waals surface area (Å²) in [5.41, 5.74) is 6.38. The number of hydrazine groups is 1. The molecule has 0 bridgehead atoms. The SMILES string of the molecule is CC(=O)c1cccc(NN2C=CC=C(C(=O)NCc3ccccc3)C2)c1. The number of rotatable bonds is 6. The molecule has 5 heteroatoms. The molecule has 5 nitrogen and oxygen atoms in total. The van der Waals surface area contributed by atoms with E-state index < -0.39 is 0 Å². The highest BCUT2D eigenvalue weighted by Crippen LogP contribution is 2.15. The van der Waals surface area contributed by atoms with E-state index in [0.717, 1.165) is 11.3 Å². The van der Waals surface area contributed by atoms with Gasteiger partial charge in [0, 0.05) is 23.9 Å². The van der Waals surface area contributed by atoms with E-state index in [9.17, 15) is 9.59 Å². The number of benzene rings is 2. The van der Waals surface area contributed by atoms with Crippen molar-refractivity contribution in [2.45, 2.75) is 13.5 Å². The van der Waals surface area contributed by atoms with Crippen molar-refractivity contribution in [1.29, 1.82) is 0 Å². The molecule has 0 unspecified atom stereocenters. The second-order valence-corrected chi connectivity index (χ2v) is 6.08. The van der Waals surface area contributed by atoms with E-state index in [1.165, 1.54) is 6.92 Å². The minimum absolute atomic E-state index is 0.0173. The van der Waals surface area contributed by atoms with Crippen LogP contribution in [0.2, 0.25) is 0 Å². The Bertz CT molecular complexity index is 857. The van der Waals surface area contributed by atoms with Crippen LogP contribution in [0.4, 0.5) is 5.69 Å². The number of ketones is 1. The van der Waals surface area contributed by atoms with Crippen LogP contribution in [-0.4, -0.2) is 23.2 Å². The largest absolute Gasteiger partial charge is 0.348 e. The first-order chi connectivity index (χ1) is 12.6. The van der Waals surface area contributed by atoms with Gasteiger partial charge in [-0.1, -0.05) is 48.5 Å². The van der Waals surface area contributed by atoms with Gasteiger partial charge in [0.05, 0.1) is 12.2 Å². The lowest BCUT2D eigenvalue weighted by Crippen LogP contribution is -2.34. The Hall–Kier alpha value is -3.34. The number of carbonyl (C=O) groups is 2. The smallest absolute Gasteiger partial charge is 0.249 e. The number of carbonyl (C=O) groups excluding carboxylic acids is 2. The lowest BCUT2D eigenvalue weighted by atomic mass is 10.1. The Balaban J connectivity index is 1.58. The van der Waals surface area contributed by atoms with Crippen molar-refractivity contribution in [2.75, 3.05) is 12.0 Å². The van der Waals surface area contributed by atoms with E-state index in [-0.39, 0.29) is 11.7 Å². The molecule has 0 aliphatic carbocycles. The van der Waals surface area contributed by atoms with E-state index in [2.05, 4.69) is 10.7 Å². The molecule has 2 aromatic carbocycles. The molecule has 132 valence electrons. The van der Waals surface area contributed by atoms with Crippen LogP contribution in [0.15, 0.2) is 78.5 Å². The highest BCUT2D eigenvalue weighted by molar-refractivity contribution is 5.95. The van der Waals surface area contributed by atoms with Gasteiger partial charge in [0.15, 0.2) is 5.78 Å². The van der Waals surface area contributed by atoms with Gasteiger partial charge >= 0.3 is 0 Å². The molecule has 1 amide bonds. The number of hydrogen-bond acceptors (Lipinski definition) is 4. The Kier molecular flexibility index (Phi) is 5.49. The summed E-state index contributed by atoms with van der Waals surface area (Å²) < 4.78 is 0. The molecular formula is C21H21N3O2. The van der Waals surface area contributed by atoms with Gasteiger partial charge in [0.25, 0.3) is 0 Å². The summed E-state index contributed by atoms with van der Waals surface area (Å²) in [4.78, 5) is 23.9. The minimum Gasteiger partial charge on any atom is -0.348 e. The molecule has 26 heavy (non-hydrogen) atoms. The molecule has 1 aliphatic rings. The van der Waals surface area contributed by atoms with Crippen LogP contribution in [0.1, 0.15) is 22.8 Å². The number of nitrogens with one attached hydrogen (secondary N) is 2. The topological polar surface area (TPSA) is 61.4 Å². The molecule has 0 saturated carbocycles. The third kappa shape index (κ3) is 4.60. The fraction of sp³-hybridized carbons (Fsp3) is 0.143. The third-order valence-corrected chi connectivity index (χ3v) is 4.03. The van der Waals surface area contributed by atoms with Crippen LogP contribution < -0.4 is 10.7 Å². The molecule has 0 aromatic heterocycles. The second-order valence-electron chi connectivity index (χ2n) is 6.08. The fourth-order valence-corrected chi connectivity index (χ4v) is 2.64. The van der Waals surface area contributed by atoms with Gasteiger partial charge < -0.3 is 5.32 Å². The van der Waals surface area contributed by atoms with Crippen LogP contribution in [0.25, 0.3) is 0 Å². The molecule has 3 rings (SSSR count). The number of hydrogen-bond donors (Lipinski definition) is 2. The van der Waals surface area contributed by atoms with Crippen LogP contribution in [0.5, 0.6) is 0 Å². The zero-order chi connectivity index (χ0) is 18.4. The van der Waals surface area contributed by atoms with Gasteiger partial charge in [-0.2, -0.15) is 0 Å². The van der Waals surface area contributed by atoms with Gasteiger partial charge in [-0.15, -0.1) is 0 Å². The van der Waals surface area contributed by atoms with Crippen molar-refractivity contribution in [2.24, 2.45) is 0 Å². The lowest BCUT2D eigenvalue weighted by Gasteiger charge is -2.26. The maximum absolute atomic E-state index is 12.4. The van der Waals surface area contributed by atoms with Crippen molar-refractivity contribution in [3.8, 4) is 0 Å². The van der Waals surface area contributed by atoms with Gasteiger partial charge in [-0.05, 0) is 30.7 Å².